The van der Waals surface area contributed by atoms with Gasteiger partial charge in [-0.3, -0.25) is 67.1 Å². The molecule has 120 heavy (non-hydrogen) atoms. The Kier molecular flexibility index (Phi) is 35.9. The number of carbonyl (C=O) groups excluding carboxylic acids is 15. The summed E-state index contributed by atoms with van der Waals surface area (Å²) in [6.45, 7) is -1.84. The van der Waals surface area contributed by atoms with Crippen molar-refractivity contribution in [2.75, 3.05) is 26.4 Å². The van der Waals surface area contributed by atoms with Gasteiger partial charge in [-0.1, -0.05) is 119 Å². The zero-order valence-electron chi connectivity index (χ0n) is 64.9. The van der Waals surface area contributed by atoms with Crippen LogP contribution in [-0.4, -0.2) is 286 Å². The molecule has 6 unspecified atom stereocenters. The molecule has 652 valence electrons. The van der Waals surface area contributed by atoms with E-state index in [1.807, 2.05) is 10.6 Å². The van der Waals surface area contributed by atoms with E-state index in [0.717, 1.165) is 28.6 Å². The molecule has 4 aromatic rings. The number of carboxylic acid groups (broad SMARTS) is 1. The van der Waals surface area contributed by atoms with Gasteiger partial charge in [0.1, 0.15) is 103 Å². The normalized spacial score (nSPS) is 28.3. The van der Waals surface area contributed by atoms with E-state index in [1.54, 1.807) is 79.7 Å². The highest BCUT2D eigenvalue weighted by Crippen LogP contribution is 2.30. The summed E-state index contributed by atoms with van der Waals surface area (Å²) in [5.41, 5.74) is 12.4. The third-order valence-corrected chi connectivity index (χ3v) is 20.2. The van der Waals surface area contributed by atoms with E-state index in [0.29, 0.717) is 21.2 Å². The van der Waals surface area contributed by atoms with Gasteiger partial charge < -0.3 is 141 Å². The fourth-order valence-corrected chi connectivity index (χ4v) is 13.2. The van der Waals surface area contributed by atoms with Crippen LogP contribution in [0.1, 0.15) is 87.4 Å². The maximum absolute atomic E-state index is 15.5. The Bertz CT molecular complexity index is 4390. The monoisotopic (exact) mass is 1750 g/mol. The van der Waals surface area contributed by atoms with Gasteiger partial charge in [0.2, 0.25) is 89.3 Å². The summed E-state index contributed by atoms with van der Waals surface area (Å²) in [6.07, 6.45) is -18.8. The number of halogens is 1. The van der Waals surface area contributed by atoms with Gasteiger partial charge in [-0.15, -0.1) is 0 Å². The van der Waals surface area contributed by atoms with Crippen molar-refractivity contribution in [3.8, 4) is 0 Å². The zero-order valence-corrected chi connectivity index (χ0v) is 66.5. The molecule has 7 rings (SSSR count). The molecule has 44 heteroatoms. The van der Waals surface area contributed by atoms with Crippen LogP contribution in [0.15, 0.2) is 120 Å². The molecule has 0 radical (unpaired) electrons. The highest BCUT2D eigenvalue weighted by Gasteiger charge is 2.49. The maximum Gasteiger partial charge on any atom is 0.251 e. The molecule has 1 saturated heterocycles. The maximum atomic E-state index is 15.5. The van der Waals surface area contributed by atoms with Crippen LogP contribution in [0.2, 0.25) is 0 Å². The largest absolute Gasteiger partial charge is 0.548 e. The van der Waals surface area contributed by atoms with Crippen molar-refractivity contribution >= 4 is 111 Å². The van der Waals surface area contributed by atoms with Gasteiger partial charge in [0.05, 0.1) is 63.0 Å². The quantitative estimate of drug-likeness (QED) is 0.0325. The number of fused-ring (bicyclic) bond motifs is 2. The first kappa shape index (κ1) is 95.6. The Morgan fingerprint density at radius 3 is 1.80 bits per heavy atom. The highest BCUT2D eigenvalue weighted by molar-refractivity contribution is 9.10. The van der Waals surface area contributed by atoms with Gasteiger partial charge in [-0.05, 0) is 55.5 Å². The number of β-amino-alcohol motifs (C(OH)–C–C–N with tert-alkyl or cyclic N) is 1. The van der Waals surface area contributed by atoms with Gasteiger partial charge in [0, 0.05) is 36.1 Å². The summed E-state index contributed by atoms with van der Waals surface area (Å²) in [4.78, 5) is 214. The number of hydrogen-bond donors (Lipinski definition) is 24. The van der Waals surface area contributed by atoms with E-state index >= 15 is 14.4 Å². The summed E-state index contributed by atoms with van der Waals surface area (Å²) in [7, 11) is 0. The minimum atomic E-state index is -2.78. The number of imidazole rings is 1. The number of carbonyl (C=O) groups is 15. The predicted octanol–water partition coefficient (Wildman–Crippen LogP) is -11.6. The molecule has 0 spiro atoms. The van der Waals surface area contributed by atoms with Crippen molar-refractivity contribution in [3.05, 3.63) is 142 Å². The number of aliphatic hydroxyl groups excluding tert-OH is 10. The van der Waals surface area contributed by atoms with Crippen LogP contribution in [0.5, 0.6) is 0 Å². The van der Waals surface area contributed by atoms with Gasteiger partial charge in [0.25, 0.3) is 5.91 Å². The fraction of sp³-hybridized carbons (Fsp3) is 0.474. The average Bonchev–Trinajstić information content (AvgIpc) is 1.63. The van der Waals surface area contributed by atoms with Crippen molar-refractivity contribution in [2.45, 2.75) is 200 Å². The van der Waals surface area contributed by atoms with Crippen LogP contribution < -0.4 is 84.9 Å². The second-order valence-corrected chi connectivity index (χ2v) is 29.8. The first-order chi connectivity index (χ1) is 56.8. The molecule has 21 atom stereocenters. The molecular weight excluding hydrogens is 1650 g/mol. The smallest absolute Gasteiger partial charge is 0.251 e. The van der Waals surface area contributed by atoms with Crippen molar-refractivity contribution in [3.63, 3.8) is 0 Å². The minimum Gasteiger partial charge on any atom is -0.548 e. The lowest BCUT2D eigenvalue weighted by molar-refractivity contribution is -0.697. The Morgan fingerprint density at radius 1 is 0.608 bits per heavy atom. The molecule has 43 nitrogen and oxygen atoms in total. The van der Waals surface area contributed by atoms with Gasteiger partial charge >= 0.3 is 0 Å². The average molecular weight is 1750 g/mol. The first-order valence-corrected chi connectivity index (χ1v) is 38.5. The molecule has 4 bridgehead atoms. The Hall–Kier alpha value is -11.6. The number of amides is 14. The van der Waals surface area contributed by atoms with Gasteiger partial charge in [-0.25, -0.2) is 9.13 Å². The topological polar surface area (TPSA) is 696 Å². The molecule has 3 aliphatic rings. The molecule has 0 aliphatic carbocycles. The van der Waals surface area contributed by atoms with E-state index in [-0.39, 0.29) is 5.56 Å². The predicted molar refractivity (Wildman–Crippen MR) is 414 cm³/mol. The minimum absolute atomic E-state index is 0.275. The van der Waals surface area contributed by atoms with Crippen LogP contribution >= 0.6 is 15.9 Å². The standard InChI is InChI=1S/C76H99BrN16O27/c1-35(17-18-38-11-6-4-7-12-38)23-51(98)44-27-56(102)82-49(31-94)69(112)86-46-25-42-29-92(34-93(42)75-63(106)62(105)60(103)53(33-96)120-75)30-48(68(111)90-58(37(3)97)73(116)88-50(32-95)70(113)85-45(65(108)84-44)24-39-13-8-5-9-14-39)81-55(101)16-10-15-43(76(118)119)83-71(114)52(99)28-80-72(115)57(36(2)40-19-21-41(77)22-20-40)89-74(117)59(61(104)64(79)107)91-67(110)47(26-54(78)100)87-66(46)109/h4-9,11-14,17-23,29,34,36-37,43-53,57-63,75,94-99,103-106H,10,15-16,24-28,30-33H2,1-3H3,(H16-,78,79,80,81,82,83,84,85,86,87,88,89,90,91,100,101,102,107,108,109,110,111,112,113,114,115,116,117,118,119)/b18-17+,35-23+/t36-,37-,43?,44-,45-,46+,47-,48-,49?,50?,51-,52+,53+,57?,58-,59?,60-,61?,62-,63+,75+/m0/s1. The number of ether oxygens (including phenoxy) is 1. The van der Waals surface area contributed by atoms with Crippen LogP contribution in [0.3, 0.4) is 0 Å². The molecule has 3 aliphatic heterocycles. The lowest BCUT2D eigenvalue weighted by atomic mass is 9.92. The van der Waals surface area contributed by atoms with Crippen molar-refractivity contribution < 1.29 is 137 Å². The molecule has 1 aromatic heterocycles. The number of hydrogen-bond acceptors (Lipinski definition) is 27. The van der Waals surface area contributed by atoms with Crippen molar-refractivity contribution in [1.29, 1.82) is 0 Å². The fourth-order valence-electron chi connectivity index (χ4n) is 12.9. The van der Waals surface area contributed by atoms with E-state index in [1.165, 1.54) is 37.3 Å². The number of aromatic nitrogens is 2. The second kappa shape index (κ2) is 45.0. The summed E-state index contributed by atoms with van der Waals surface area (Å²) in [6, 6.07) is -0.865. The third kappa shape index (κ3) is 27.2. The number of aliphatic carboxylic acids is 1. The Morgan fingerprint density at radius 2 is 1.18 bits per heavy atom. The van der Waals surface area contributed by atoms with Gasteiger partial charge in [-0.2, -0.15) is 0 Å². The molecule has 1 fully saturated rings. The number of nitrogens with one attached hydrogen (secondary N) is 12. The SMILES string of the molecule is CC(/C=C/c1ccccc1)=C\[C@H](O)[C@@H]1CC(=O)NC(CO)C(=O)N[C@@H]2Cc3c[n+](cn3[C@@H]3O[C@H](CO)[C@H](O)[C@H](O)[C@H]3O)C[C@H](NC(=O)CCCC(C(=O)[O-])NC(=O)[C@H](O)CNC(=O)C([C@@H](C)c3ccc(Br)cc3)NC(=O)C(C(O)C(N)=O)NC(=O)[C@H](CC(N)=O)NC2=O)C(=O)N[C@@H]([C@H](C)O)C(=O)NC(CO)C(=O)N[C@@H](Cc2ccccc2)C(=O)N1. The number of nitrogens with two attached hydrogens (primary N) is 2. The number of allylic oxidation sites excluding steroid dienone is 2. The van der Waals surface area contributed by atoms with Crippen LogP contribution in [-0.2, 0) is 96.0 Å². The van der Waals surface area contributed by atoms with E-state index in [4.69, 9.17) is 16.2 Å². The number of carboxylic acids is 1. The second-order valence-electron chi connectivity index (χ2n) is 28.9. The number of primary amides is 2. The lowest BCUT2D eigenvalue weighted by Crippen LogP contribution is -2.64. The molecule has 3 aromatic carbocycles. The van der Waals surface area contributed by atoms with E-state index in [9.17, 15) is 114 Å². The molecule has 26 N–H and O–H groups in total. The Balaban J connectivity index is 1.45. The molecule has 14 amide bonds. The van der Waals surface area contributed by atoms with Crippen molar-refractivity contribution in [1.82, 2.24) is 68.4 Å². The van der Waals surface area contributed by atoms with Crippen LogP contribution in [0, 0.1) is 0 Å². The zero-order chi connectivity index (χ0) is 88.5. The van der Waals surface area contributed by atoms with E-state index < -0.39 is 300 Å². The molecule has 4 heterocycles. The number of rotatable bonds is 18. The molecular formula is C76H99BrN16O27. The summed E-state index contributed by atoms with van der Waals surface area (Å²) >= 11 is 3.28. The first-order valence-electron chi connectivity index (χ1n) is 37.7. The number of benzene rings is 3. The summed E-state index contributed by atoms with van der Waals surface area (Å²) < 4.78 is 8.27. The highest BCUT2D eigenvalue weighted by atomic mass is 79.9. The molecule has 0 saturated carbocycles. The number of aliphatic hydroxyl groups is 10. The van der Waals surface area contributed by atoms with Gasteiger partial charge in [0.15, 0.2) is 6.10 Å². The third-order valence-electron chi connectivity index (χ3n) is 19.7. The summed E-state index contributed by atoms with van der Waals surface area (Å²) in [5.74, 6) is -23.2. The summed E-state index contributed by atoms with van der Waals surface area (Å²) in [5, 5.41) is 152. The van der Waals surface area contributed by atoms with Crippen molar-refractivity contribution in [2.24, 2.45) is 11.5 Å². The lowest BCUT2D eigenvalue weighted by Gasteiger charge is -2.38. The van der Waals surface area contributed by atoms with E-state index in [2.05, 4.69) is 69.1 Å². The van der Waals surface area contributed by atoms with Crippen LogP contribution in [0.4, 0.5) is 0 Å². The number of nitrogens with zero attached hydrogens (tertiary/aromatic N) is 2. The Labute approximate surface area is 693 Å². The van der Waals surface area contributed by atoms with Crippen LogP contribution in [0.25, 0.3) is 6.08 Å².